The lowest BCUT2D eigenvalue weighted by Crippen LogP contribution is -2.32. The number of rotatable bonds is 3. The maximum atomic E-state index is 11.4. The third-order valence-corrected chi connectivity index (χ3v) is 5.11. The summed E-state index contributed by atoms with van der Waals surface area (Å²) in [5.74, 6) is 2.81. The molecule has 1 aromatic heterocycles. The molecule has 0 atom stereocenters. The van der Waals surface area contributed by atoms with Crippen LogP contribution >= 0.6 is 0 Å². The van der Waals surface area contributed by atoms with Gasteiger partial charge in [0.15, 0.2) is 0 Å². The van der Waals surface area contributed by atoms with Gasteiger partial charge in [-0.1, -0.05) is 0 Å². The highest BCUT2D eigenvalue weighted by Crippen LogP contribution is 2.23. The number of nitrogens with one attached hydrogen (secondary N) is 2. The second kappa shape index (κ2) is 5.32. The lowest BCUT2D eigenvalue weighted by atomic mass is 10.1. The third-order valence-electron chi connectivity index (χ3n) is 3.39. The molecule has 6 nitrogen and oxygen atoms in total. The minimum atomic E-state index is -2.82. The molecule has 0 saturated carbocycles. The molecule has 1 fully saturated rings. The van der Waals surface area contributed by atoms with Crippen LogP contribution in [0.5, 0.6) is 0 Å². The van der Waals surface area contributed by atoms with Gasteiger partial charge in [-0.25, -0.2) is 18.4 Å². The van der Waals surface area contributed by atoms with Gasteiger partial charge in [0.1, 0.15) is 27.3 Å². The first-order chi connectivity index (χ1) is 8.91. The second-order valence-corrected chi connectivity index (χ2v) is 7.22. The smallest absolute Gasteiger partial charge is 0.150 e. The Labute approximate surface area is 114 Å². The molecule has 0 radical (unpaired) electrons. The maximum Gasteiger partial charge on any atom is 0.150 e. The minimum Gasteiger partial charge on any atom is -0.373 e. The topological polar surface area (TPSA) is 84.0 Å². The molecule has 0 unspecified atom stereocenters. The van der Waals surface area contributed by atoms with E-state index in [4.69, 9.17) is 0 Å². The normalized spacial score (nSPS) is 19.1. The van der Waals surface area contributed by atoms with Crippen molar-refractivity contribution in [1.29, 1.82) is 0 Å². The Morgan fingerprint density at radius 1 is 1.11 bits per heavy atom. The summed E-state index contributed by atoms with van der Waals surface area (Å²) in [7, 11) is -0.999. The van der Waals surface area contributed by atoms with E-state index in [9.17, 15) is 8.42 Å². The van der Waals surface area contributed by atoms with Crippen molar-refractivity contribution in [3.8, 4) is 0 Å². The van der Waals surface area contributed by atoms with Crippen LogP contribution in [0.25, 0.3) is 0 Å². The number of nitrogens with zero attached hydrogens (tertiary/aromatic N) is 2. The monoisotopic (exact) mass is 284 g/mol. The van der Waals surface area contributed by atoms with Crippen LogP contribution in [-0.2, 0) is 9.84 Å². The predicted octanol–water partition coefficient (Wildman–Crippen LogP) is 1.12. The van der Waals surface area contributed by atoms with E-state index in [0.29, 0.717) is 18.7 Å². The Morgan fingerprint density at radius 3 is 2.26 bits per heavy atom. The number of aryl methyl sites for hydroxylation is 1. The van der Waals surface area contributed by atoms with Crippen molar-refractivity contribution in [2.45, 2.75) is 32.7 Å². The van der Waals surface area contributed by atoms with E-state index < -0.39 is 9.84 Å². The van der Waals surface area contributed by atoms with Crippen LogP contribution in [0.15, 0.2) is 0 Å². The molecular weight excluding hydrogens is 264 g/mol. The van der Waals surface area contributed by atoms with E-state index in [0.717, 1.165) is 17.2 Å². The van der Waals surface area contributed by atoms with Crippen molar-refractivity contribution in [1.82, 2.24) is 9.97 Å². The fourth-order valence-electron chi connectivity index (χ4n) is 2.24. The Kier molecular flexibility index (Phi) is 3.93. The van der Waals surface area contributed by atoms with Crippen LogP contribution in [0, 0.1) is 13.8 Å². The Morgan fingerprint density at radius 2 is 1.68 bits per heavy atom. The average molecular weight is 284 g/mol. The van der Waals surface area contributed by atoms with Crippen molar-refractivity contribution in [3.05, 3.63) is 11.4 Å². The molecule has 0 aliphatic carbocycles. The summed E-state index contributed by atoms with van der Waals surface area (Å²) >= 11 is 0. The Balaban J connectivity index is 2.14. The average Bonchev–Trinajstić information content (AvgIpc) is 2.35. The van der Waals surface area contributed by atoms with Crippen LogP contribution in [0.4, 0.5) is 11.6 Å². The molecular formula is C12H20N4O2S. The molecule has 0 bridgehead atoms. The van der Waals surface area contributed by atoms with Gasteiger partial charge in [-0.3, -0.25) is 0 Å². The summed E-state index contributed by atoms with van der Waals surface area (Å²) < 4.78 is 22.8. The summed E-state index contributed by atoms with van der Waals surface area (Å²) in [5.41, 5.74) is 0.960. The van der Waals surface area contributed by atoms with Crippen LogP contribution in [-0.4, -0.2) is 43.0 Å². The predicted molar refractivity (Wildman–Crippen MR) is 76.4 cm³/mol. The zero-order valence-corrected chi connectivity index (χ0v) is 12.3. The highest BCUT2D eigenvalue weighted by atomic mass is 32.2. The molecule has 0 spiro atoms. The molecule has 0 aromatic carbocycles. The van der Waals surface area contributed by atoms with Crippen LogP contribution in [0.1, 0.15) is 24.2 Å². The summed E-state index contributed by atoms with van der Waals surface area (Å²) in [6, 6.07) is 0.168. The minimum absolute atomic E-state index is 0.168. The van der Waals surface area contributed by atoms with Crippen molar-refractivity contribution >= 4 is 21.5 Å². The van der Waals surface area contributed by atoms with Gasteiger partial charge in [0, 0.05) is 18.7 Å². The molecule has 2 rings (SSSR count). The van der Waals surface area contributed by atoms with E-state index in [1.165, 1.54) is 0 Å². The summed E-state index contributed by atoms with van der Waals surface area (Å²) in [4.78, 5) is 8.71. The van der Waals surface area contributed by atoms with Gasteiger partial charge >= 0.3 is 0 Å². The molecule has 0 amide bonds. The molecule has 2 N–H and O–H groups in total. The highest BCUT2D eigenvalue weighted by Gasteiger charge is 2.24. The maximum absolute atomic E-state index is 11.4. The fraction of sp³-hybridized carbons (Fsp3) is 0.667. The van der Waals surface area contributed by atoms with Gasteiger partial charge in [-0.2, -0.15) is 0 Å². The van der Waals surface area contributed by atoms with E-state index in [-0.39, 0.29) is 17.5 Å². The molecule has 1 aromatic rings. The molecule has 1 aliphatic heterocycles. The lowest BCUT2D eigenvalue weighted by Gasteiger charge is -2.24. The quantitative estimate of drug-likeness (QED) is 0.865. The lowest BCUT2D eigenvalue weighted by molar-refractivity contribution is 0.559. The first kappa shape index (κ1) is 14.0. The molecule has 7 heteroatoms. The molecule has 1 saturated heterocycles. The van der Waals surface area contributed by atoms with Crippen LogP contribution < -0.4 is 10.6 Å². The number of sulfone groups is 1. The zero-order chi connectivity index (χ0) is 14.0. The zero-order valence-electron chi connectivity index (χ0n) is 11.5. The van der Waals surface area contributed by atoms with E-state index in [2.05, 4.69) is 20.6 Å². The summed E-state index contributed by atoms with van der Waals surface area (Å²) in [5, 5.41) is 6.39. The summed E-state index contributed by atoms with van der Waals surface area (Å²) in [6.07, 6.45) is 1.28. The standard InChI is InChI=1S/C12H20N4O2S/c1-8-11(13-3)14-9(2)15-12(8)16-10-4-6-19(17,18)7-5-10/h10H,4-7H2,1-3H3,(H2,13,14,15,16). The number of hydrogen-bond donors (Lipinski definition) is 2. The van der Waals surface area contributed by atoms with Crippen LogP contribution in [0.3, 0.4) is 0 Å². The Hall–Kier alpha value is -1.37. The first-order valence-electron chi connectivity index (χ1n) is 6.41. The molecule has 19 heavy (non-hydrogen) atoms. The van der Waals surface area contributed by atoms with Crippen molar-refractivity contribution in [3.63, 3.8) is 0 Å². The fourth-order valence-corrected chi connectivity index (χ4v) is 3.73. The van der Waals surface area contributed by atoms with Gasteiger partial charge in [0.25, 0.3) is 0 Å². The Bertz CT molecular complexity index is 557. The van der Waals surface area contributed by atoms with Gasteiger partial charge in [-0.15, -0.1) is 0 Å². The molecule has 106 valence electrons. The summed E-state index contributed by atoms with van der Waals surface area (Å²) in [6.45, 7) is 3.80. The van der Waals surface area contributed by atoms with E-state index >= 15 is 0 Å². The molecule has 1 aliphatic rings. The van der Waals surface area contributed by atoms with Gasteiger partial charge < -0.3 is 10.6 Å². The van der Waals surface area contributed by atoms with Crippen molar-refractivity contribution in [2.75, 3.05) is 29.2 Å². The van der Waals surface area contributed by atoms with Gasteiger partial charge in [0.2, 0.25) is 0 Å². The molecule has 2 heterocycles. The van der Waals surface area contributed by atoms with Crippen molar-refractivity contribution < 1.29 is 8.42 Å². The van der Waals surface area contributed by atoms with E-state index in [1.54, 1.807) is 0 Å². The van der Waals surface area contributed by atoms with Crippen LogP contribution in [0.2, 0.25) is 0 Å². The highest BCUT2D eigenvalue weighted by molar-refractivity contribution is 7.91. The third kappa shape index (κ3) is 3.34. The van der Waals surface area contributed by atoms with Gasteiger partial charge in [-0.05, 0) is 26.7 Å². The van der Waals surface area contributed by atoms with E-state index in [1.807, 2.05) is 20.9 Å². The second-order valence-electron chi connectivity index (χ2n) is 4.91. The first-order valence-corrected chi connectivity index (χ1v) is 8.23. The largest absolute Gasteiger partial charge is 0.373 e. The number of aromatic nitrogens is 2. The van der Waals surface area contributed by atoms with Gasteiger partial charge in [0.05, 0.1) is 11.5 Å². The SMILES string of the molecule is CNc1nc(C)nc(NC2CCS(=O)(=O)CC2)c1C. The number of hydrogen-bond acceptors (Lipinski definition) is 6. The van der Waals surface area contributed by atoms with Crippen molar-refractivity contribution in [2.24, 2.45) is 0 Å². The number of anilines is 2.